The van der Waals surface area contributed by atoms with Gasteiger partial charge in [-0.1, -0.05) is 0 Å². The molecule has 184 valence electrons. The van der Waals surface area contributed by atoms with Crippen LogP contribution in [0.2, 0.25) is 0 Å². The molecule has 10 nitrogen and oxygen atoms in total. The maximum atomic E-state index is 12.0. The Kier molecular flexibility index (Phi) is 6.54. The Labute approximate surface area is 205 Å². The second kappa shape index (κ2) is 9.91. The summed E-state index contributed by atoms with van der Waals surface area (Å²) >= 11 is 0. The number of hydrogen-bond acceptors (Lipinski definition) is 8. The highest BCUT2D eigenvalue weighted by Crippen LogP contribution is 2.24. The Hall–Kier alpha value is -3.66. The van der Waals surface area contributed by atoms with E-state index in [1.165, 1.54) is 5.69 Å². The molecule has 0 radical (unpaired) electrons. The van der Waals surface area contributed by atoms with E-state index in [9.17, 15) is 4.79 Å². The number of carbonyl (C=O) groups excluding carboxylic acids is 1. The molecule has 2 aliphatic rings. The first-order valence-corrected chi connectivity index (χ1v) is 12.1. The van der Waals surface area contributed by atoms with Gasteiger partial charge in [-0.25, -0.2) is 9.67 Å². The summed E-state index contributed by atoms with van der Waals surface area (Å²) in [5.41, 5.74) is 3.00. The molecule has 0 aliphatic carbocycles. The highest BCUT2D eigenvalue weighted by atomic mass is 16.5. The molecule has 2 atom stereocenters. The topological polar surface area (TPSA) is 91.7 Å². The molecule has 0 spiro atoms. The monoisotopic (exact) mass is 476 g/mol. The number of nitrogens with one attached hydrogen (secondary N) is 1. The molecule has 5 rings (SSSR count). The van der Waals surface area contributed by atoms with Gasteiger partial charge in [-0.2, -0.15) is 4.98 Å². The van der Waals surface area contributed by atoms with Crippen LogP contribution in [0.15, 0.2) is 48.9 Å². The summed E-state index contributed by atoms with van der Waals surface area (Å²) < 4.78 is 7.18. The molecule has 3 aromatic rings. The number of pyridine rings is 1. The van der Waals surface area contributed by atoms with Crippen molar-refractivity contribution in [2.45, 2.75) is 32.9 Å². The Morgan fingerprint density at radius 2 is 1.69 bits per heavy atom. The SMILES string of the molecule is CC(=O)N1C(C)CN(c2cc(-n3cnc(Nc4ccc(N5CCOCC5)cc4)n3)ccn2)CC1C. The van der Waals surface area contributed by atoms with Crippen molar-refractivity contribution >= 4 is 29.0 Å². The molecule has 2 unspecified atom stereocenters. The number of nitrogens with zero attached hydrogens (tertiary/aromatic N) is 7. The third kappa shape index (κ3) is 5.07. The standard InChI is InChI=1S/C25H32N8O2/c1-18-15-31(16-19(2)33(18)20(3)34)24-14-23(8-9-26-24)32-17-27-25(29-32)28-21-4-6-22(7-5-21)30-10-12-35-13-11-30/h4-9,14,17-19H,10-13,15-16H2,1-3H3,(H,28,29). The number of piperazine rings is 1. The van der Waals surface area contributed by atoms with Crippen molar-refractivity contribution in [2.75, 3.05) is 54.5 Å². The molecular weight excluding hydrogens is 444 g/mol. The molecule has 1 N–H and O–H groups in total. The van der Waals surface area contributed by atoms with Crippen LogP contribution >= 0.6 is 0 Å². The van der Waals surface area contributed by atoms with Crippen molar-refractivity contribution in [2.24, 2.45) is 0 Å². The molecule has 35 heavy (non-hydrogen) atoms. The van der Waals surface area contributed by atoms with Crippen molar-refractivity contribution < 1.29 is 9.53 Å². The van der Waals surface area contributed by atoms with Crippen LogP contribution in [-0.4, -0.2) is 82.0 Å². The average Bonchev–Trinajstić information content (AvgIpc) is 3.33. The van der Waals surface area contributed by atoms with Crippen molar-refractivity contribution in [1.82, 2.24) is 24.6 Å². The first-order valence-electron chi connectivity index (χ1n) is 12.1. The average molecular weight is 477 g/mol. The third-order valence-corrected chi connectivity index (χ3v) is 6.59. The summed E-state index contributed by atoms with van der Waals surface area (Å²) in [4.78, 5) is 27.5. The second-order valence-corrected chi connectivity index (χ2v) is 9.19. The van der Waals surface area contributed by atoms with Crippen LogP contribution in [0.1, 0.15) is 20.8 Å². The summed E-state index contributed by atoms with van der Waals surface area (Å²) in [5.74, 6) is 1.51. The lowest BCUT2D eigenvalue weighted by Crippen LogP contribution is -2.58. The maximum absolute atomic E-state index is 12.0. The molecule has 2 aliphatic heterocycles. The smallest absolute Gasteiger partial charge is 0.246 e. The molecule has 0 saturated carbocycles. The van der Waals surface area contributed by atoms with Gasteiger partial charge >= 0.3 is 0 Å². The highest BCUT2D eigenvalue weighted by Gasteiger charge is 2.31. The minimum atomic E-state index is 0.115. The molecule has 2 aromatic heterocycles. The minimum Gasteiger partial charge on any atom is -0.378 e. The van der Waals surface area contributed by atoms with Crippen LogP contribution in [0, 0.1) is 0 Å². The number of ether oxygens (including phenoxy) is 1. The lowest BCUT2D eigenvalue weighted by molar-refractivity contribution is -0.133. The van der Waals surface area contributed by atoms with Gasteiger partial charge in [-0.15, -0.1) is 5.10 Å². The van der Waals surface area contributed by atoms with Gasteiger partial charge in [0.25, 0.3) is 0 Å². The second-order valence-electron chi connectivity index (χ2n) is 9.19. The summed E-state index contributed by atoms with van der Waals surface area (Å²) in [5, 5.41) is 7.89. The van der Waals surface area contributed by atoms with E-state index in [1.807, 2.05) is 29.2 Å². The number of amides is 1. The van der Waals surface area contributed by atoms with Gasteiger partial charge in [0, 0.05) is 68.8 Å². The fourth-order valence-electron chi connectivity index (χ4n) is 5.00. The van der Waals surface area contributed by atoms with Crippen molar-refractivity contribution in [1.29, 1.82) is 0 Å². The first kappa shape index (κ1) is 23.1. The lowest BCUT2D eigenvalue weighted by atomic mass is 10.1. The number of rotatable bonds is 5. The number of benzene rings is 1. The molecular formula is C25H32N8O2. The predicted molar refractivity (Wildman–Crippen MR) is 136 cm³/mol. The van der Waals surface area contributed by atoms with E-state index in [-0.39, 0.29) is 18.0 Å². The first-order chi connectivity index (χ1) is 17.0. The number of anilines is 4. The van der Waals surface area contributed by atoms with Gasteiger partial charge in [0.1, 0.15) is 12.1 Å². The van der Waals surface area contributed by atoms with E-state index in [0.29, 0.717) is 5.95 Å². The van der Waals surface area contributed by atoms with Gasteiger partial charge in [-0.05, 0) is 44.2 Å². The zero-order chi connectivity index (χ0) is 24.4. The highest BCUT2D eigenvalue weighted by molar-refractivity contribution is 5.74. The van der Waals surface area contributed by atoms with Crippen LogP contribution in [0.3, 0.4) is 0 Å². The summed E-state index contributed by atoms with van der Waals surface area (Å²) in [7, 11) is 0. The van der Waals surface area contributed by atoms with E-state index in [1.54, 1.807) is 24.1 Å². The Bertz CT molecular complexity index is 1150. The predicted octanol–water partition coefficient (Wildman–Crippen LogP) is 2.69. The Morgan fingerprint density at radius 3 is 2.37 bits per heavy atom. The van der Waals surface area contributed by atoms with Gasteiger partial charge in [0.2, 0.25) is 11.9 Å². The molecule has 4 heterocycles. The number of aromatic nitrogens is 4. The lowest BCUT2D eigenvalue weighted by Gasteiger charge is -2.44. The summed E-state index contributed by atoms with van der Waals surface area (Å²) in [6, 6.07) is 12.5. The normalized spacial score (nSPS) is 20.7. The fraction of sp³-hybridized carbons (Fsp3) is 0.440. The van der Waals surface area contributed by atoms with Crippen molar-refractivity contribution in [3.8, 4) is 5.69 Å². The minimum absolute atomic E-state index is 0.115. The number of morpholine rings is 1. The van der Waals surface area contributed by atoms with Gasteiger partial charge < -0.3 is 24.8 Å². The zero-order valence-electron chi connectivity index (χ0n) is 20.5. The van der Waals surface area contributed by atoms with Gasteiger partial charge in [0.15, 0.2) is 0 Å². The van der Waals surface area contributed by atoms with Crippen molar-refractivity contribution in [3.63, 3.8) is 0 Å². The van der Waals surface area contributed by atoms with Crippen LogP contribution in [0.5, 0.6) is 0 Å². The van der Waals surface area contributed by atoms with E-state index < -0.39 is 0 Å². The Morgan fingerprint density at radius 1 is 0.971 bits per heavy atom. The van der Waals surface area contributed by atoms with Crippen LogP contribution in [0.25, 0.3) is 5.69 Å². The molecule has 2 fully saturated rings. The van der Waals surface area contributed by atoms with E-state index >= 15 is 0 Å². The maximum Gasteiger partial charge on any atom is 0.246 e. The summed E-state index contributed by atoms with van der Waals surface area (Å²) in [6.45, 7) is 10.6. The van der Waals surface area contributed by atoms with Gasteiger partial charge in [-0.3, -0.25) is 4.79 Å². The third-order valence-electron chi connectivity index (χ3n) is 6.59. The molecule has 10 heteroatoms. The largest absolute Gasteiger partial charge is 0.378 e. The van der Waals surface area contributed by atoms with Gasteiger partial charge in [0.05, 0.1) is 18.9 Å². The summed E-state index contributed by atoms with van der Waals surface area (Å²) in [6.07, 6.45) is 3.49. The number of carbonyl (C=O) groups is 1. The zero-order valence-corrected chi connectivity index (χ0v) is 20.5. The van der Waals surface area contributed by atoms with E-state index in [2.05, 4.69) is 56.2 Å². The fourth-order valence-corrected chi connectivity index (χ4v) is 5.00. The molecule has 1 aromatic carbocycles. The molecule has 0 bridgehead atoms. The van der Waals surface area contributed by atoms with Crippen LogP contribution < -0.4 is 15.1 Å². The van der Waals surface area contributed by atoms with E-state index in [0.717, 1.165) is 56.6 Å². The van der Waals surface area contributed by atoms with Crippen LogP contribution in [-0.2, 0) is 9.53 Å². The number of hydrogen-bond donors (Lipinski definition) is 1. The van der Waals surface area contributed by atoms with E-state index in [4.69, 9.17) is 4.74 Å². The quantitative estimate of drug-likeness (QED) is 0.601. The Balaban J connectivity index is 1.26. The molecule has 2 saturated heterocycles. The van der Waals surface area contributed by atoms with Crippen LogP contribution in [0.4, 0.5) is 23.1 Å². The molecule has 1 amide bonds. The van der Waals surface area contributed by atoms with Crippen molar-refractivity contribution in [3.05, 3.63) is 48.9 Å².